The molecule has 2 amide bonds. The predicted molar refractivity (Wildman–Crippen MR) is 148 cm³/mol. The van der Waals surface area contributed by atoms with Gasteiger partial charge in [0.25, 0.3) is 17.7 Å². The number of alkyl halides is 2. The fraction of sp³-hybridized carbons (Fsp3) is 0.200. The molecule has 0 bridgehead atoms. The molecule has 0 spiro atoms. The summed E-state index contributed by atoms with van der Waals surface area (Å²) in [5, 5.41) is 19.5. The van der Waals surface area contributed by atoms with E-state index < -0.39 is 23.6 Å². The van der Waals surface area contributed by atoms with E-state index >= 15 is 8.78 Å². The quantitative estimate of drug-likeness (QED) is 0.315. The van der Waals surface area contributed by atoms with Gasteiger partial charge in [0.2, 0.25) is 0 Å². The van der Waals surface area contributed by atoms with Gasteiger partial charge in [0.1, 0.15) is 17.6 Å². The van der Waals surface area contributed by atoms with Gasteiger partial charge >= 0.3 is 0 Å². The second-order valence-corrected chi connectivity index (χ2v) is 9.59. The summed E-state index contributed by atoms with van der Waals surface area (Å²) < 4.78 is 50.1. The summed E-state index contributed by atoms with van der Waals surface area (Å²) in [5.74, 6) is -4.72. The molecular formula is C30H25F3N6O3. The van der Waals surface area contributed by atoms with Crippen LogP contribution in [0.15, 0.2) is 72.9 Å². The highest BCUT2D eigenvalue weighted by Gasteiger charge is 2.37. The Morgan fingerprint density at radius 3 is 2.40 bits per heavy atom. The Hall–Kier alpha value is -5.15. The molecule has 0 saturated heterocycles. The summed E-state index contributed by atoms with van der Waals surface area (Å²) in [5.41, 5.74) is 0.322. The maximum atomic E-state index is 15.1. The van der Waals surface area contributed by atoms with Crippen molar-refractivity contribution in [1.29, 1.82) is 5.26 Å². The number of carbonyl (C=O) groups is 2. The Morgan fingerprint density at radius 1 is 1.12 bits per heavy atom. The second kappa shape index (κ2) is 11.4. The van der Waals surface area contributed by atoms with E-state index in [0.717, 1.165) is 24.3 Å². The number of methoxy groups -OCH3 is 1. The Bertz CT molecular complexity index is 1680. The molecule has 5 rings (SSSR count). The first kappa shape index (κ1) is 28.4. The molecule has 1 unspecified atom stereocenters. The molecule has 214 valence electrons. The fourth-order valence-corrected chi connectivity index (χ4v) is 4.86. The number of anilines is 2. The van der Waals surface area contributed by atoms with Gasteiger partial charge in [0.15, 0.2) is 5.69 Å². The monoisotopic (exact) mass is 574 g/mol. The van der Waals surface area contributed by atoms with Crippen LogP contribution < -0.4 is 20.3 Å². The number of aromatic nitrogens is 2. The zero-order valence-electron chi connectivity index (χ0n) is 22.6. The standard InChI is InChI=1S/C30H25F3N6O3/c1-35-15-24-17-38(23-10-6-21(7-11-23)30(32,33)20-4-8-22(31)9-5-20)29(41)27-25(16-36-39(24)27)37-28(40)18-3-12-26(42-2)19(13-18)14-34/h3-13,16,24,35H,15,17H2,1-2H3,(H,37,40). The van der Waals surface area contributed by atoms with E-state index in [4.69, 9.17) is 4.74 Å². The molecule has 4 aromatic rings. The van der Waals surface area contributed by atoms with Crippen molar-refractivity contribution in [2.45, 2.75) is 12.0 Å². The van der Waals surface area contributed by atoms with Crippen molar-refractivity contribution in [1.82, 2.24) is 15.1 Å². The lowest BCUT2D eigenvalue weighted by atomic mass is 9.99. The number of likely N-dealkylation sites (N-methyl/N-ethyl adjacent to an activating group) is 1. The van der Waals surface area contributed by atoms with Crippen LogP contribution in [0.3, 0.4) is 0 Å². The van der Waals surface area contributed by atoms with Crippen LogP contribution in [-0.2, 0) is 5.92 Å². The summed E-state index contributed by atoms with van der Waals surface area (Å²) in [6, 6.07) is 15.3. The minimum absolute atomic E-state index is 0.115. The number of carbonyl (C=O) groups excluding carboxylic acids is 2. The fourth-order valence-electron chi connectivity index (χ4n) is 4.86. The minimum atomic E-state index is -3.38. The molecule has 2 N–H and O–H groups in total. The molecule has 0 fully saturated rings. The molecule has 42 heavy (non-hydrogen) atoms. The number of hydrogen-bond donors (Lipinski definition) is 2. The molecular weight excluding hydrogens is 549 g/mol. The van der Waals surface area contributed by atoms with Crippen molar-refractivity contribution in [2.24, 2.45) is 0 Å². The van der Waals surface area contributed by atoms with Crippen molar-refractivity contribution in [2.75, 3.05) is 37.5 Å². The maximum Gasteiger partial charge on any atom is 0.298 e. The highest BCUT2D eigenvalue weighted by molar-refractivity contribution is 6.13. The Balaban J connectivity index is 1.44. The predicted octanol–water partition coefficient (Wildman–Crippen LogP) is 4.72. The van der Waals surface area contributed by atoms with E-state index in [1.54, 1.807) is 7.05 Å². The Kier molecular flexibility index (Phi) is 7.69. The first-order valence-corrected chi connectivity index (χ1v) is 12.9. The number of amides is 2. The number of fused-ring (bicyclic) bond motifs is 1. The summed E-state index contributed by atoms with van der Waals surface area (Å²) in [4.78, 5) is 28.2. The average Bonchev–Trinajstić information content (AvgIpc) is 3.42. The summed E-state index contributed by atoms with van der Waals surface area (Å²) in [7, 11) is 3.16. The number of halogens is 3. The molecule has 9 nitrogen and oxygen atoms in total. The van der Waals surface area contributed by atoms with Gasteiger partial charge in [-0.1, -0.05) is 12.1 Å². The first-order chi connectivity index (χ1) is 20.2. The molecule has 1 aromatic heterocycles. The van der Waals surface area contributed by atoms with Crippen molar-refractivity contribution in [3.05, 3.63) is 107 Å². The number of nitriles is 1. The van der Waals surface area contributed by atoms with Crippen LogP contribution in [0, 0.1) is 17.1 Å². The van der Waals surface area contributed by atoms with Gasteiger partial charge in [0.05, 0.1) is 37.1 Å². The van der Waals surface area contributed by atoms with E-state index in [-0.39, 0.29) is 46.2 Å². The molecule has 0 saturated carbocycles. The summed E-state index contributed by atoms with van der Waals surface area (Å²) in [6.07, 6.45) is 1.37. The van der Waals surface area contributed by atoms with E-state index in [0.29, 0.717) is 18.0 Å². The van der Waals surface area contributed by atoms with Crippen LogP contribution in [0.25, 0.3) is 0 Å². The highest BCUT2D eigenvalue weighted by atomic mass is 19.3. The first-order valence-electron chi connectivity index (χ1n) is 12.9. The van der Waals surface area contributed by atoms with E-state index in [1.807, 2.05) is 6.07 Å². The average molecular weight is 575 g/mol. The normalized spacial score (nSPS) is 14.7. The molecule has 3 aromatic carbocycles. The topological polar surface area (TPSA) is 112 Å². The van der Waals surface area contributed by atoms with Gasteiger partial charge in [-0.2, -0.15) is 19.1 Å². The molecule has 0 radical (unpaired) electrons. The molecule has 12 heteroatoms. The SMILES string of the molecule is CNCC1CN(c2ccc(C(F)(F)c3ccc(F)cc3)cc2)C(=O)c2c(NC(=O)c3ccc(OC)c(C#N)c3)cnn21. The second-order valence-electron chi connectivity index (χ2n) is 9.59. The third-order valence-electron chi connectivity index (χ3n) is 7.00. The molecule has 1 aliphatic heterocycles. The third-order valence-corrected chi connectivity index (χ3v) is 7.00. The van der Waals surface area contributed by atoms with Crippen molar-refractivity contribution in [3.8, 4) is 11.8 Å². The molecule has 0 aliphatic carbocycles. The number of nitrogens with one attached hydrogen (secondary N) is 2. The summed E-state index contributed by atoms with van der Waals surface area (Å²) >= 11 is 0. The molecule has 2 heterocycles. The molecule has 1 aliphatic rings. The van der Waals surface area contributed by atoms with Crippen LogP contribution in [0.1, 0.15) is 43.6 Å². The van der Waals surface area contributed by atoms with Crippen LogP contribution in [0.2, 0.25) is 0 Å². The van der Waals surface area contributed by atoms with E-state index in [9.17, 15) is 19.2 Å². The zero-order chi connectivity index (χ0) is 30.0. The van der Waals surface area contributed by atoms with Crippen LogP contribution in [0.4, 0.5) is 24.5 Å². The maximum absolute atomic E-state index is 15.1. The smallest absolute Gasteiger partial charge is 0.298 e. The number of hydrogen-bond acceptors (Lipinski definition) is 6. The molecule has 1 atom stereocenters. The van der Waals surface area contributed by atoms with E-state index in [1.165, 1.54) is 65.4 Å². The third kappa shape index (κ3) is 5.17. The van der Waals surface area contributed by atoms with Crippen molar-refractivity contribution in [3.63, 3.8) is 0 Å². The van der Waals surface area contributed by atoms with E-state index in [2.05, 4.69) is 15.7 Å². The Labute approximate surface area is 239 Å². The van der Waals surface area contributed by atoms with Gasteiger partial charge < -0.3 is 20.3 Å². The van der Waals surface area contributed by atoms with Crippen LogP contribution >= 0.6 is 0 Å². The lowest BCUT2D eigenvalue weighted by Gasteiger charge is -2.34. The van der Waals surface area contributed by atoms with Crippen LogP contribution in [-0.4, -0.2) is 48.8 Å². The van der Waals surface area contributed by atoms with Gasteiger partial charge in [-0.3, -0.25) is 14.3 Å². The van der Waals surface area contributed by atoms with Gasteiger partial charge in [-0.15, -0.1) is 0 Å². The van der Waals surface area contributed by atoms with Crippen molar-refractivity contribution < 1.29 is 27.5 Å². The van der Waals surface area contributed by atoms with Crippen molar-refractivity contribution >= 4 is 23.2 Å². The van der Waals surface area contributed by atoms with Gasteiger partial charge in [-0.25, -0.2) is 4.39 Å². The number of ether oxygens (including phenoxy) is 1. The van der Waals surface area contributed by atoms with Gasteiger partial charge in [-0.05, 0) is 61.6 Å². The zero-order valence-corrected chi connectivity index (χ0v) is 22.6. The minimum Gasteiger partial charge on any atom is -0.495 e. The lowest BCUT2D eigenvalue weighted by molar-refractivity contribution is 0.0428. The largest absolute Gasteiger partial charge is 0.495 e. The summed E-state index contributed by atoms with van der Waals surface area (Å²) in [6.45, 7) is 0.621. The Morgan fingerprint density at radius 2 is 1.79 bits per heavy atom. The van der Waals surface area contributed by atoms with Crippen LogP contribution in [0.5, 0.6) is 5.75 Å². The lowest BCUT2D eigenvalue weighted by Crippen LogP contribution is -2.46. The highest BCUT2D eigenvalue weighted by Crippen LogP contribution is 2.37. The number of rotatable bonds is 8. The number of nitrogens with zero attached hydrogens (tertiary/aromatic N) is 4. The number of benzene rings is 3. The van der Waals surface area contributed by atoms with Gasteiger partial charge in [0, 0.05) is 28.9 Å².